The van der Waals surface area contributed by atoms with Gasteiger partial charge >= 0.3 is 6.09 Å². The number of ether oxygens (including phenoxy) is 1. The largest absolute Gasteiger partial charge is 0.444 e. The molecule has 0 unspecified atom stereocenters. The molecule has 0 radical (unpaired) electrons. The van der Waals surface area contributed by atoms with E-state index < -0.39 is 18.1 Å². The van der Waals surface area contributed by atoms with Gasteiger partial charge in [0.25, 0.3) is 6.43 Å². The lowest BCUT2D eigenvalue weighted by Crippen LogP contribution is -2.27. The molecule has 0 bridgehead atoms. The van der Waals surface area contributed by atoms with Crippen LogP contribution in [0.1, 0.15) is 32.8 Å². The second-order valence-corrected chi connectivity index (χ2v) is 4.51. The molecular weight excluding hydrogens is 228 g/mol. The third-order valence-electron chi connectivity index (χ3n) is 1.83. The molecule has 1 aromatic carbocycles. The number of hydrogen-bond acceptors (Lipinski definition) is 2. The van der Waals surface area contributed by atoms with E-state index in [1.54, 1.807) is 26.8 Å². The maximum atomic E-state index is 12.6. The maximum absolute atomic E-state index is 12.6. The molecule has 0 atom stereocenters. The fourth-order valence-electron chi connectivity index (χ4n) is 1.21. The molecule has 0 aromatic heterocycles. The molecule has 5 heteroatoms. The third-order valence-corrected chi connectivity index (χ3v) is 1.83. The summed E-state index contributed by atoms with van der Waals surface area (Å²) < 4.78 is 30.2. The average Bonchev–Trinajstić information content (AvgIpc) is 2.14. The molecule has 0 spiro atoms. The quantitative estimate of drug-likeness (QED) is 0.853. The molecule has 0 aliphatic carbocycles. The minimum Gasteiger partial charge on any atom is -0.444 e. The maximum Gasteiger partial charge on any atom is 0.412 e. The first-order valence-electron chi connectivity index (χ1n) is 5.16. The highest BCUT2D eigenvalue weighted by Gasteiger charge is 2.19. The van der Waals surface area contributed by atoms with Gasteiger partial charge in [0, 0.05) is 5.56 Å². The Balaban J connectivity index is 2.78. The summed E-state index contributed by atoms with van der Waals surface area (Å²) >= 11 is 0. The monoisotopic (exact) mass is 243 g/mol. The molecule has 1 rings (SSSR count). The minimum atomic E-state index is -2.64. The molecule has 3 nitrogen and oxygen atoms in total. The van der Waals surface area contributed by atoms with E-state index >= 15 is 0 Å². The van der Waals surface area contributed by atoms with Gasteiger partial charge in [0.2, 0.25) is 0 Å². The lowest BCUT2D eigenvalue weighted by molar-refractivity contribution is 0.0635. The highest BCUT2D eigenvalue weighted by molar-refractivity contribution is 5.86. The molecule has 94 valence electrons. The number of hydrogen-bond donors (Lipinski definition) is 1. The number of anilines is 1. The van der Waals surface area contributed by atoms with Crippen LogP contribution in [0.15, 0.2) is 24.3 Å². The van der Waals surface area contributed by atoms with Crippen molar-refractivity contribution in [3.63, 3.8) is 0 Å². The van der Waals surface area contributed by atoms with E-state index in [0.717, 1.165) is 0 Å². The van der Waals surface area contributed by atoms with Crippen LogP contribution in [0.3, 0.4) is 0 Å². The molecule has 1 N–H and O–H groups in total. The fraction of sp³-hybridized carbons (Fsp3) is 0.417. The van der Waals surface area contributed by atoms with Crippen LogP contribution in [0.5, 0.6) is 0 Å². The molecule has 0 saturated carbocycles. The normalized spacial score (nSPS) is 11.4. The van der Waals surface area contributed by atoms with Crippen LogP contribution >= 0.6 is 0 Å². The Bertz CT molecular complexity index is 400. The SMILES string of the molecule is CC(C)(C)OC(=O)Nc1ccccc1C(F)F. The van der Waals surface area contributed by atoms with Crippen molar-refractivity contribution < 1.29 is 18.3 Å². The number of carbonyl (C=O) groups excluding carboxylic acids is 1. The summed E-state index contributed by atoms with van der Waals surface area (Å²) in [7, 11) is 0. The van der Waals surface area contributed by atoms with Crippen molar-refractivity contribution in [2.75, 3.05) is 5.32 Å². The van der Waals surface area contributed by atoms with Gasteiger partial charge in [-0.25, -0.2) is 13.6 Å². The van der Waals surface area contributed by atoms with Crippen molar-refractivity contribution in [1.82, 2.24) is 0 Å². The topological polar surface area (TPSA) is 38.3 Å². The van der Waals surface area contributed by atoms with Crippen LogP contribution in [-0.4, -0.2) is 11.7 Å². The van der Waals surface area contributed by atoms with Crippen LogP contribution in [0.25, 0.3) is 0 Å². The first kappa shape index (κ1) is 13.4. The van der Waals surface area contributed by atoms with Gasteiger partial charge < -0.3 is 4.74 Å². The Morgan fingerprint density at radius 2 is 1.88 bits per heavy atom. The van der Waals surface area contributed by atoms with Gasteiger partial charge in [-0.2, -0.15) is 0 Å². The summed E-state index contributed by atoms with van der Waals surface area (Å²) in [5.41, 5.74) is -0.820. The predicted molar refractivity (Wildman–Crippen MR) is 61.3 cm³/mol. The molecule has 0 saturated heterocycles. The van der Waals surface area contributed by atoms with Gasteiger partial charge in [-0.3, -0.25) is 5.32 Å². The van der Waals surface area contributed by atoms with E-state index in [1.807, 2.05) is 0 Å². The Morgan fingerprint density at radius 1 is 1.29 bits per heavy atom. The van der Waals surface area contributed by atoms with Gasteiger partial charge in [0.15, 0.2) is 0 Å². The molecule has 17 heavy (non-hydrogen) atoms. The molecule has 0 aliphatic heterocycles. The van der Waals surface area contributed by atoms with Crippen molar-refractivity contribution in [2.24, 2.45) is 0 Å². The number of nitrogens with one attached hydrogen (secondary N) is 1. The predicted octanol–water partition coefficient (Wildman–Crippen LogP) is 3.97. The van der Waals surface area contributed by atoms with Crippen LogP contribution in [0.2, 0.25) is 0 Å². The van der Waals surface area contributed by atoms with Gasteiger partial charge in [-0.1, -0.05) is 18.2 Å². The van der Waals surface area contributed by atoms with Gasteiger partial charge in [0.05, 0.1) is 5.69 Å². The molecule has 0 aliphatic rings. The van der Waals surface area contributed by atoms with Gasteiger partial charge in [0.1, 0.15) is 5.60 Å². The molecule has 0 fully saturated rings. The summed E-state index contributed by atoms with van der Waals surface area (Å²) in [5, 5.41) is 2.31. The number of benzene rings is 1. The van der Waals surface area contributed by atoms with Crippen molar-refractivity contribution in [3.8, 4) is 0 Å². The number of amides is 1. The highest BCUT2D eigenvalue weighted by Crippen LogP contribution is 2.26. The van der Waals surface area contributed by atoms with Crippen molar-refractivity contribution >= 4 is 11.8 Å². The number of para-hydroxylation sites is 1. The van der Waals surface area contributed by atoms with Crippen LogP contribution < -0.4 is 5.32 Å². The Kier molecular flexibility index (Phi) is 4.04. The van der Waals surface area contributed by atoms with E-state index in [1.165, 1.54) is 18.2 Å². The average molecular weight is 243 g/mol. The Hall–Kier alpha value is -1.65. The zero-order valence-electron chi connectivity index (χ0n) is 9.96. The third kappa shape index (κ3) is 4.38. The van der Waals surface area contributed by atoms with E-state index in [4.69, 9.17) is 4.74 Å². The first-order chi connectivity index (χ1) is 7.79. The number of alkyl halides is 2. The smallest absolute Gasteiger partial charge is 0.412 e. The highest BCUT2D eigenvalue weighted by atomic mass is 19.3. The van der Waals surface area contributed by atoms with E-state index in [-0.39, 0.29) is 11.3 Å². The van der Waals surface area contributed by atoms with Gasteiger partial charge in [-0.15, -0.1) is 0 Å². The lowest BCUT2D eigenvalue weighted by Gasteiger charge is -2.20. The van der Waals surface area contributed by atoms with E-state index in [9.17, 15) is 13.6 Å². The van der Waals surface area contributed by atoms with Crippen LogP contribution in [0.4, 0.5) is 19.3 Å². The van der Waals surface area contributed by atoms with E-state index in [0.29, 0.717) is 0 Å². The molecule has 0 heterocycles. The summed E-state index contributed by atoms with van der Waals surface area (Å²) in [6.45, 7) is 5.10. The molecule has 1 amide bonds. The second-order valence-electron chi connectivity index (χ2n) is 4.51. The number of rotatable bonds is 2. The lowest BCUT2D eigenvalue weighted by atomic mass is 10.2. The summed E-state index contributed by atoms with van der Waals surface area (Å²) in [6, 6.07) is 5.73. The first-order valence-corrected chi connectivity index (χ1v) is 5.16. The summed E-state index contributed by atoms with van der Waals surface area (Å²) in [6.07, 6.45) is -3.38. The molecular formula is C12H15F2NO2. The summed E-state index contributed by atoms with van der Waals surface area (Å²) in [5.74, 6) is 0. The minimum absolute atomic E-state index is 0.0664. The van der Waals surface area contributed by atoms with Crippen molar-refractivity contribution in [2.45, 2.75) is 32.8 Å². The zero-order valence-corrected chi connectivity index (χ0v) is 9.96. The zero-order chi connectivity index (χ0) is 13.1. The van der Waals surface area contributed by atoms with Gasteiger partial charge in [-0.05, 0) is 26.8 Å². The Morgan fingerprint density at radius 3 is 2.41 bits per heavy atom. The summed E-state index contributed by atoms with van der Waals surface area (Å²) in [4.78, 5) is 11.4. The fourth-order valence-corrected chi connectivity index (χ4v) is 1.21. The van der Waals surface area contributed by atoms with Crippen LogP contribution in [-0.2, 0) is 4.74 Å². The standard InChI is InChI=1S/C12H15F2NO2/c1-12(2,3)17-11(16)15-9-7-5-4-6-8(9)10(13)14/h4-7,10H,1-3H3,(H,15,16). The van der Waals surface area contributed by atoms with Crippen LogP contribution in [0, 0.1) is 0 Å². The number of carbonyl (C=O) groups is 1. The van der Waals surface area contributed by atoms with Crippen molar-refractivity contribution in [3.05, 3.63) is 29.8 Å². The second kappa shape index (κ2) is 5.12. The molecule has 1 aromatic rings. The van der Waals surface area contributed by atoms with Crippen molar-refractivity contribution in [1.29, 1.82) is 0 Å². The Labute approximate surface area is 98.8 Å². The van der Waals surface area contributed by atoms with E-state index in [2.05, 4.69) is 5.32 Å². The number of halogens is 2.